The van der Waals surface area contributed by atoms with E-state index in [1.807, 2.05) is 6.92 Å². The molecule has 1 aromatic carbocycles. The number of ether oxygens (including phenoxy) is 1. The maximum absolute atomic E-state index is 13.3. The molecule has 0 bridgehead atoms. The largest absolute Gasteiger partial charge is 0.493 e. The summed E-state index contributed by atoms with van der Waals surface area (Å²) >= 11 is 0. The van der Waals surface area contributed by atoms with Crippen LogP contribution in [0.3, 0.4) is 0 Å². The van der Waals surface area contributed by atoms with E-state index in [2.05, 4.69) is 12.2 Å². The lowest BCUT2D eigenvalue weighted by atomic mass is 10.1. The van der Waals surface area contributed by atoms with Crippen molar-refractivity contribution < 1.29 is 9.13 Å². The van der Waals surface area contributed by atoms with Gasteiger partial charge in [-0.1, -0.05) is 52.4 Å². The average Bonchev–Trinajstić information content (AvgIpc) is 2.49. The third-order valence-corrected chi connectivity index (χ3v) is 3.59. The molecule has 2 nitrogen and oxygen atoms in total. The summed E-state index contributed by atoms with van der Waals surface area (Å²) in [5.41, 5.74) is 0.903. The van der Waals surface area contributed by atoms with E-state index in [9.17, 15) is 4.39 Å². The second-order valence-corrected chi connectivity index (χ2v) is 5.50. The van der Waals surface area contributed by atoms with Crippen molar-refractivity contribution in [2.24, 2.45) is 0 Å². The van der Waals surface area contributed by atoms with Gasteiger partial charge in [0.05, 0.1) is 6.61 Å². The fourth-order valence-electron chi connectivity index (χ4n) is 2.33. The molecule has 0 fully saturated rings. The lowest BCUT2D eigenvalue weighted by Crippen LogP contribution is -2.13. The number of hydrogen-bond donors (Lipinski definition) is 1. The minimum absolute atomic E-state index is 0.203. The zero-order valence-corrected chi connectivity index (χ0v) is 13.6. The molecule has 0 aliphatic heterocycles. The number of hydrogen-bond acceptors (Lipinski definition) is 2. The fourth-order valence-corrected chi connectivity index (χ4v) is 2.33. The van der Waals surface area contributed by atoms with Crippen molar-refractivity contribution >= 4 is 0 Å². The van der Waals surface area contributed by atoms with E-state index in [0.717, 1.165) is 30.9 Å². The van der Waals surface area contributed by atoms with Gasteiger partial charge in [0, 0.05) is 12.1 Å². The molecule has 0 spiro atoms. The summed E-state index contributed by atoms with van der Waals surface area (Å²) in [7, 11) is 0. The van der Waals surface area contributed by atoms with Gasteiger partial charge in [0.15, 0.2) is 0 Å². The van der Waals surface area contributed by atoms with E-state index in [1.165, 1.54) is 44.6 Å². The molecular weight excluding hydrogens is 265 g/mol. The predicted molar refractivity (Wildman–Crippen MR) is 87.3 cm³/mol. The van der Waals surface area contributed by atoms with Crippen LogP contribution < -0.4 is 10.1 Å². The van der Waals surface area contributed by atoms with Crippen LogP contribution in [0, 0.1) is 5.82 Å². The monoisotopic (exact) mass is 295 g/mol. The number of rotatable bonds is 12. The Labute approximate surface area is 129 Å². The Morgan fingerprint density at radius 2 is 1.71 bits per heavy atom. The highest BCUT2D eigenvalue weighted by Gasteiger charge is 2.05. The molecule has 0 amide bonds. The summed E-state index contributed by atoms with van der Waals surface area (Å²) in [6.45, 7) is 6.52. The van der Waals surface area contributed by atoms with E-state index in [-0.39, 0.29) is 5.82 Å². The van der Waals surface area contributed by atoms with Crippen LogP contribution in [-0.4, -0.2) is 13.2 Å². The van der Waals surface area contributed by atoms with Crippen molar-refractivity contribution in [3.63, 3.8) is 0 Å². The first kappa shape index (κ1) is 18.0. The van der Waals surface area contributed by atoms with Gasteiger partial charge >= 0.3 is 0 Å². The van der Waals surface area contributed by atoms with Crippen LogP contribution in [0.15, 0.2) is 18.2 Å². The van der Waals surface area contributed by atoms with Gasteiger partial charge in [0.25, 0.3) is 0 Å². The Balaban J connectivity index is 2.24. The van der Waals surface area contributed by atoms with Crippen molar-refractivity contribution in [3.05, 3.63) is 29.6 Å². The Hall–Kier alpha value is -1.09. The highest BCUT2D eigenvalue weighted by Crippen LogP contribution is 2.20. The van der Waals surface area contributed by atoms with Crippen LogP contribution in [-0.2, 0) is 6.54 Å². The van der Waals surface area contributed by atoms with Gasteiger partial charge in [-0.2, -0.15) is 0 Å². The van der Waals surface area contributed by atoms with Crippen LogP contribution in [0.5, 0.6) is 5.75 Å². The molecule has 0 saturated heterocycles. The molecule has 0 radical (unpaired) electrons. The summed E-state index contributed by atoms with van der Waals surface area (Å²) in [6, 6.07) is 4.77. The molecule has 120 valence electrons. The van der Waals surface area contributed by atoms with Crippen molar-refractivity contribution in [2.75, 3.05) is 13.2 Å². The molecule has 0 aliphatic carbocycles. The van der Waals surface area contributed by atoms with E-state index in [1.54, 1.807) is 12.1 Å². The SMILES string of the molecule is CCCCCCCCCOc1ccc(F)cc1CNCC. The number of halogens is 1. The van der Waals surface area contributed by atoms with Crippen LogP contribution in [0.4, 0.5) is 4.39 Å². The molecule has 1 rings (SSSR count). The molecule has 0 atom stereocenters. The van der Waals surface area contributed by atoms with Crippen molar-refractivity contribution in [2.45, 2.75) is 65.3 Å². The number of benzene rings is 1. The first-order valence-corrected chi connectivity index (χ1v) is 8.39. The average molecular weight is 295 g/mol. The smallest absolute Gasteiger partial charge is 0.123 e. The van der Waals surface area contributed by atoms with E-state index < -0.39 is 0 Å². The third kappa shape index (κ3) is 8.05. The van der Waals surface area contributed by atoms with E-state index in [0.29, 0.717) is 6.54 Å². The molecule has 0 heterocycles. The summed E-state index contributed by atoms with van der Waals surface area (Å²) in [5.74, 6) is 0.606. The Morgan fingerprint density at radius 3 is 2.43 bits per heavy atom. The highest BCUT2D eigenvalue weighted by atomic mass is 19.1. The Bertz CT molecular complexity index is 381. The summed E-state index contributed by atoms with van der Waals surface area (Å²) < 4.78 is 19.1. The predicted octanol–water partition coefficient (Wildman–Crippen LogP) is 5.06. The number of nitrogens with one attached hydrogen (secondary N) is 1. The van der Waals surface area contributed by atoms with E-state index >= 15 is 0 Å². The van der Waals surface area contributed by atoms with Gasteiger partial charge in [0.2, 0.25) is 0 Å². The summed E-state index contributed by atoms with van der Waals surface area (Å²) in [6.07, 6.45) is 8.90. The molecule has 3 heteroatoms. The first-order chi connectivity index (χ1) is 10.3. The van der Waals surface area contributed by atoms with E-state index in [4.69, 9.17) is 4.74 Å². The topological polar surface area (TPSA) is 21.3 Å². The molecule has 0 aliphatic rings. The van der Waals surface area contributed by atoms with Crippen molar-refractivity contribution in [1.29, 1.82) is 0 Å². The summed E-state index contributed by atoms with van der Waals surface area (Å²) in [4.78, 5) is 0. The van der Waals surface area contributed by atoms with Gasteiger partial charge in [-0.15, -0.1) is 0 Å². The van der Waals surface area contributed by atoms with Gasteiger partial charge in [0.1, 0.15) is 11.6 Å². The number of unbranched alkanes of at least 4 members (excludes halogenated alkanes) is 6. The maximum atomic E-state index is 13.3. The molecule has 0 unspecified atom stereocenters. The zero-order chi connectivity index (χ0) is 15.3. The van der Waals surface area contributed by atoms with Crippen LogP contribution in [0.2, 0.25) is 0 Å². The summed E-state index contributed by atoms with van der Waals surface area (Å²) in [5, 5.41) is 3.22. The molecule has 0 saturated carbocycles. The lowest BCUT2D eigenvalue weighted by molar-refractivity contribution is 0.300. The van der Waals surface area contributed by atoms with Gasteiger partial charge in [-0.05, 0) is 31.2 Å². The molecular formula is C18H30FNO. The highest BCUT2D eigenvalue weighted by molar-refractivity contribution is 5.33. The normalized spacial score (nSPS) is 10.8. The van der Waals surface area contributed by atoms with Crippen LogP contribution >= 0.6 is 0 Å². The van der Waals surface area contributed by atoms with Crippen LogP contribution in [0.25, 0.3) is 0 Å². The zero-order valence-electron chi connectivity index (χ0n) is 13.6. The minimum Gasteiger partial charge on any atom is -0.493 e. The van der Waals surface area contributed by atoms with Gasteiger partial charge in [-0.25, -0.2) is 4.39 Å². The van der Waals surface area contributed by atoms with Gasteiger partial charge in [-0.3, -0.25) is 0 Å². The standard InChI is InChI=1S/C18H30FNO/c1-3-5-6-7-8-9-10-13-21-18-12-11-17(19)14-16(18)15-20-4-2/h11-12,14,20H,3-10,13,15H2,1-2H3. The van der Waals surface area contributed by atoms with Crippen molar-refractivity contribution in [1.82, 2.24) is 5.32 Å². The first-order valence-electron chi connectivity index (χ1n) is 8.39. The maximum Gasteiger partial charge on any atom is 0.123 e. The fraction of sp³-hybridized carbons (Fsp3) is 0.667. The van der Waals surface area contributed by atoms with Gasteiger partial charge < -0.3 is 10.1 Å². The molecule has 0 aromatic heterocycles. The molecule has 21 heavy (non-hydrogen) atoms. The Kier molecular flexibility index (Phi) is 9.88. The second kappa shape index (κ2) is 11.6. The third-order valence-electron chi connectivity index (χ3n) is 3.59. The minimum atomic E-state index is -0.203. The Morgan fingerprint density at radius 1 is 1.00 bits per heavy atom. The lowest BCUT2D eigenvalue weighted by Gasteiger charge is -2.12. The van der Waals surface area contributed by atoms with Crippen molar-refractivity contribution in [3.8, 4) is 5.75 Å². The van der Waals surface area contributed by atoms with Crippen LogP contribution in [0.1, 0.15) is 64.4 Å². The quantitative estimate of drug-likeness (QED) is 0.544. The second-order valence-electron chi connectivity index (χ2n) is 5.50. The molecule has 1 aromatic rings. The molecule has 1 N–H and O–H groups in total.